The summed E-state index contributed by atoms with van der Waals surface area (Å²) in [4.78, 5) is 20.0. The number of nitrogens with zero attached hydrogens (tertiary/aromatic N) is 3. The Morgan fingerprint density at radius 2 is 2.26 bits per heavy atom. The minimum atomic E-state index is -0.220. The van der Waals surface area contributed by atoms with Crippen LogP contribution >= 0.6 is 0 Å². The number of aliphatic hydroxyl groups is 1. The fourth-order valence-corrected chi connectivity index (χ4v) is 1.72. The predicted octanol–water partition coefficient (Wildman–Crippen LogP) is 0.285. The lowest BCUT2D eigenvalue weighted by atomic mass is 10.2. The second-order valence-corrected chi connectivity index (χ2v) is 4.04. The van der Waals surface area contributed by atoms with Crippen molar-refractivity contribution in [2.75, 3.05) is 18.5 Å². The van der Waals surface area contributed by atoms with E-state index >= 15 is 0 Å². The predicted molar refractivity (Wildman–Crippen MR) is 72.0 cm³/mol. The first kappa shape index (κ1) is 13.2. The first-order chi connectivity index (χ1) is 9.31. The molecular formula is C13H16N4O2. The SMILES string of the molecule is O=c1c(NCCc2cccnc2)nccn1CCO. The number of anilines is 1. The summed E-state index contributed by atoms with van der Waals surface area (Å²) in [6.45, 7) is 0.814. The highest BCUT2D eigenvalue weighted by molar-refractivity contribution is 5.31. The molecule has 0 radical (unpaired) electrons. The third kappa shape index (κ3) is 3.62. The zero-order chi connectivity index (χ0) is 13.5. The standard InChI is InChI=1S/C13H16N4O2/c18-9-8-17-7-6-16-12(13(17)19)15-5-3-11-2-1-4-14-10-11/h1-2,4,6-7,10,18H,3,5,8-9H2,(H,15,16). The first-order valence-electron chi connectivity index (χ1n) is 6.10. The Labute approximate surface area is 110 Å². The van der Waals surface area contributed by atoms with Gasteiger partial charge in [0.15, 0.2) is 5.82 Å². The van der Waals surface area contributed by atoms with E-state index in [4.69, 9.17) is 5.11 Å². The van der Waals surface area contributed by atoms with Crippen LogP contribution < -0.4 is 10.9 Å². The molecule has 2 N–H and O–H groups in total. The van der Waals surface area contributed by atoms with Crippen LogP contribution in [0.5, 0.6) is 0 Å². The molecule has 0 atom stereocenters. The maximum atomic E-state index is 11.9. The van der Waals surface area contributed by atoms with Gasteiger partial charge < -0.3 is 15.0 Å². The molecule has 0 saturated carbocycles. The van der Waals surface area contributed by atoms with Gasteiger partial charge in [0, 0.05) is 37.9 Å². The van der Waals surface area contributed by atoms with Crippen molar-refractivity contribution in [2.45, 2.75) is 13.0 Å². The van der Waals surface area contributed by atoms with Crippen LogP contribution in [0.1, 0.15) is 5.56 Å². The highest BCUT2D eigenvalue weighted by atomic mass is 16.3. The average molecular weight is 260 g/mol. The lowest BCUT2D eigenvalue weighted by Crippen LogP contribution is -2.26. The van der Waals surface area contributed by atoms with Crippen molar-refractivity contribution in [3.05, 3.63) is 52.8 Å². The summed E-state index contributed by atoms with van der Waals surface area (Å²) in [6.07, 6.45) is 7.39. The fourth-order valence-electron chi connectivity index (χ4n) is 1.72. The van der Waals surface area contributed by atoms with Crippen LogP contribution in [-0.2, 0) is 13.0 Å². The Morgan fingerprint density at radius 3 is 3.00 bits per heavy atom. The van der Waals surface area contributed by atoms with Crippen LogP contribution in [0.3, 0.4) is 0 Å². The van der Waals surface area contributed by atoms with Crippen LogP contribution in [-0.4, -0.2) is 32.8 Å². The monoisotopic (exact) mass is 260 g/mol. The maximum Gasteiger partial charge on any atom is 0.293 e. The van der Waals surface area contributed by atoms with Crippen LogP contribution in [0, 0.1) is 0 Å². The van der Waals surface area contributed by atoms with Crippen molar-refractivity contribution in [1.82, 2.24) is 14.5 Å². The number of aromatic nitrogens is 3. The second kappa shape index (κ2) is 6.65. The third-order valence-corrected chi connectivity index (χ3v) is 2.68. The van der Waals surface area contributed by atoms with Gasteiger partial charge in [0.2, 0.25) is 0 Å². The highest BCUT2D eigenvalue weighted by Gasteiger charge is 2.03. The van der Waals surface area contributed by atoms with E-state index in [1.807, 2.05) is 12.1 Å². The van der Waals surface area contributed by atoms with Crippen molar-refractivity contribution < 1.29 is 5.11 Å². The number of hydrogen-bond acceptors (Lipinski definition) is 5. The minimum absolute atomic E-state index is 0.0704. The molecule has 0 aliphatic carbocycles. The Kier molecular flexibility index (Phi) is 4.63. The van der Waals surface area contributed by atoms with Gasteiger partial charge in [-0.15, -0.1) is 0 Å². The van der Waals surface area contributed by atoms with E-state index in [2.05, 4.69) is 15.3 Å². The molecule has 0 saturated heterocycles. The summed E-state index contributed by atoms with van der Waals surface area (Å²) in [5.41, 5.74) is 0.879. The molecule has 19 heavy (non-hydrogen) atoms. The van der Waals surface area contributed by atoms with Crippen LogP contribution in [0.25, 0.3) is 0 Å². The number of hydrogen-bond donors (Lipinski definition) is 2. The molecule has 2 aromatic heterocycles. The van der Waals surface area contributed by atoms with E-state index in [1.54, 1.807) is 24.8 Å². The molecular weight excluding hydrogens is 244 g/mol. The van der Waals surface area contributed by atoms with Crippen LogP contribution in [0.2, 0.25) is 0 Å². The molecule has 0 aromatic carbocycles. The normalized spacial score (nSPS) is 10.4. The minimum Gasteiger partial charge on any atom is -0.395 e. The van der Waals surface area contributed by atoms with E-state index in [0.717, 1.165) is 12.0 Å². The molecule has 0 aliphatic heterocycles. The van der Waals surface area contributed by atoms with Crippen LogP contribution in [0.4, 0.5) is 5.82 Å². The molecule has 0 fully saturated rings. The van der Waals surface area contributed by atoms with Gasteiger partial charge >= 0.3 is 0 Å². The number of rotatable bonds is 6. The summed E-state index contributed by atoms with van der Waals surface area (Å²) in [7, 11) is 0. The van der Waals surface area contributed by atoms with Crippen molar-refractivity contribution in [3.63, 3.8) is 0 Å². The number of nitrogens with one attached hydrogen (secondary N) is 1. The number of aliphatic hydroxyl groups excluding tert-OH is 1. The van der Waals surface area contributed by atoms with E-state index in [0.29, 0.717) is 12.4 Å². The summed E-state index contributed by atoms with van der Waals surface area (Å²) in [5.74, 6) is 0.305. The summed E-state index contributed by atoms with van der Waals surface area (Å²) in [6, 6.07) is 3.86. The Balaban J connectivity index is 1.96. The van der Waals surface area contributed by atoms with Gasteiger partial charge in [0.1, 0.15) is 0 Å². The highest BCUT2D eigenvalue weighted by Crippen LogP contribution is 1.98. The third-order valence-electron chi connectivity index (χ3n) is 2.68. The maximum absolute atomic E-state index is 11.9. The van der Waals surface area contributed by atoms with Gasteiger partial charge in [-0.3, -0.25) is 9.78 Å². The van der Waals surface area contributed by atoms with Gasteiger partial charge in [-0.05, 0) is 18.1 Å². The summed E-state index contributed by atoms with van der Waals surface area (Å²) in [5, 5.41) is 11.9. The van der Waals surface area contributed by atoms with Crippen molar-refractivity contribution >= 4 is 5.82 Å². The molecule has 0 aliphatic rings. The topological polar surface area (TPSA) is 80.0 Å². The molecule has 0 unspecified atom stereocenters. The van der Waals surface area contributed by atoms with Gasteiger partial charge in [-0.2, -0.15) is 0 Å². The lowest BCUT2D eigenvalue weighted by Gasteiger charge is -2.07. The van der Waals surface area contributed by atoms with E-state index in [-0.39, 0.29) is 18.7 Å². The zero-order valence-corrected chi connectivity index (χ0v) is 10.5. The van der Waals surface area contributed by atoms with Gasteiger partial charge in [-0.25, -0.2) is 4.98 Å². The van der Waals surface area contributed by atoms with E-state index < -0.39 is 0 Å². The quantitative estimate of drug-likeness (QED) is 0.780. The van der Waals surface area contributed by atoms with Crippen molar-refractivity contribution in [3.8, 4) is 0 Å². The molecule has 2 rings (SSSR count). The van der Waals surface area contributed by atoms with Crippen molar-refractivity contribution in [1.29, 1.82) is 0 Å². The van der Waals surface area contributed by atoms with Gasteiger partial charge in [-0.1, -0.05) is 6.07 Å². The number of pyridine rings is 1. The second-order valence-electron chi connectivity index (χ2n) is 4.04. The van der Waals surface area contributed by atoms with Crippen molar-refractivity contribution in [2.24, 2.45) is 0 Å². The van der Waals surface area contributed by atoms with E-state index in [9.17, 15) is 4.79 Å². The first-order valence-corrected chi connectivity index (χ1v) is 6.10. The Bertz CT molecular complexity index is 568. The fraction of sp³-hybridized carbons (Fsp3) is 0.308. The molecule has 2 aromatic rings. The Hall–Kier alpha value is -2.21. The molecule has 100 valence electrons. The molecule has 6 nitrogen and oxygen atoms in total. The molecule has 0 bridgehead atoms. The summed E-state index contributed by atoms with van der Waals surface area (Å²) < 4.78 is 1.43. The molecule has 6 heteroatoms. The molecule has 0 spiro atoms. The average Bonchev–Trinajstić information content (AvgIpc) is 2.44. The van der Waals surface area contributed by atoms with Gasteiger partial charge in [0.25, 0.3) is 5.56 Å². The summed E-state index contributed by atoms with van der Waals surface area (Å²) >= 11 is 0. The van der Waals surface area contributed by atoms with Crippen LogP contribution in [0.15, 0.2) is 41.7 Å². The van der Waals surface area contributed by atoms with Gasteiger partial charge in [0.05, 0.1) is 6.61 Å². The molecule has 2 heterocycles. The Morgan fingerprint density at radius 1 is 1.37 bits per heavy atom. The smallest absolute Gasteiger partial charge is 0.293 e. The lowest BCUT2D eigenvalue weighted by molar-refractivity contribution is 0.274. The van der Waals surface area contributed by atoms with E-state index in [1.165, 1.54) is 4.57 Å². The largest absolute Gasteiger partial charge is 0.395 e. The molecule has 0 amide bonds. The zero-order valence-electron chi connectivity index (χ0n) is 10.5.